The van der Waals surface area contributed by atoms with Crippen molar-refractivity contribution in [1.29, 1.82) is 0 Å². The number of anilines is 1. The van der Waals surface area contributed by atoms with Crippen molar-refractivity contribution in [2.24, 2.45) is 0 Å². The number of carbonyl (C=O) groups is 1. The van der Waals surface area contributed by atoms with Crippen LogP contribution in [0.25, 0.3) is 11.4 Å². The molecule has 0 unspecified atom stereocenters. The summed E-state index contributed by atoms with van der Waals surface area (Å²) in [6, 6.07) is 12.4. The lowest BCUT2D eigenvalue weighted by Crippen LogP contribution is -2.16. The predicted molar refractivity (Wildman–Crippen MR) is 109 cm³/mol. The highest BCUT2D eigenvalue weighted by atomic mass is 32.1. The molecule has 0 aliphatic carbocycles. The molecule has 2 aromatic carbocycles. The van der Waals surface area contributed by atoms with Gasteiger partial charge in [-0.1, -0.05) is 35.9 Å². The van der Waals surface area contributed by atoms with E-state index in [0.717, 1.165) is 11.1 Å². The van der Waals surface area contributed by atoms with Crippen LogP contribution in [0.3, 0.4) is 0 Å². The first-order valence-electron chi connectivity index (χ1n) is 8.91. The lowest BCUT2D eigenvalue weighted by Gasteiger charge is -2.13. The predicted octanol–water partition coefficient (Wildman–Crippen LogP) is 4.85. The molecule has 0 saturated heterocycles. The largest absolute Gasteiger partial charge is 0.434 e. The zero-order valence-corrected chi connectivity index (χ0v) is 16.7. The van der Waals surface area contributed by atoms with Gasteiger partial charge in [0.25, 0.3) is 0 Å². The normalized spacial score (nSPS) is 10.9. The van der Waals surface area contributed by atoms with Gasteiger partial charge in [-0.05, 0) is 38.2 Å². The van der Waals surface area contributed by atoms with E-state index < -0.39 is 6.61 Å². The number of nitrogens with one attached hydrogen (secondary N) is 2. The molecule has 0 saturated carbocycles. The highest BCUT2D eigenvalue weighted by Gasteiger charge is 2.14. The van der Waals surface area contributed by atoms with Crippen molar-refractivity contribution in [3.05, 3.63) is 58.4 Å². The van der Waals surface area contributed by atoms with Crippen LogP contribution in [-0.2, 0) is 11.3 Å². The van der Waals surface area contributed by atoms with Crippen LogP contribution in [0.4, 0.5) is 14.5 Å². The monoisotopic (exact) mass is 418 g/mol. The van der Waals surface area contributed by atoms with Crippen molar-refractivity contribution in [1.82, 2.24) is 14.8 Å². The molecule has 0 fully saturated rings. The molecule has 9 heteroatoms. The van der Waals surface area contributed by atoms with Gasteiger partial charge in [0, 0.05) is 29.8 Å². The van der Waals surface area contributed by atoms with E-state index in [9.17, 15) is 13.6 Å². The van der Waals surface area contributed by atoms with E-state index >= 15 is 0 Å². The molecule has 2 N–H and O–H groups in total. The number of carbonyl (C=O) groups excluding carboxylic acids is 1. The van der Waals surface area contributed by atoms with E-state index in [1.807, 2.05) is 31.2 Å². The van der Waals surface area contributed by atoms with Crippen LogP contribution in [0.5, 0.6) is 5.75 Å². The Morgan fingerprint density at radius 3 is 2.66 bits per heavy atom. The third-order valence-electron chi connectivity index (χ3n) is 4.40. The van der Waals surface area contributed by atoms with Gasteiger partial charge in [0.1, 0.15) is 5.75 Å². The van der Waals surface area contributed by atoms with Crippen LogP contribution < -0.4 is 10.1 Å². The number of hydrogen-bond acceptors (Lipinski definition) is 4. The van der Waals surface area contributed by atoms with Crippen LogP contribution >= 0.6 is 12.2 Å². The third kappa shape index (κ3) is 5.05. The van der Waals surface area contributed by atoms with Crippen LogP contribution in [0, 0.1) is 18.6 Å². The van der Waals surface area contributed by atoms with Crippen molar-refractivity contribution < 1.29 is 18.3 Å². The Labute approximate surface area is 171 Å². The second-order valence-electron chi connectivity index (χ2n) is 6.48. The number of benzene rings is 2. The lowest BCUT2D eigenvalue weighted by molar-refractivity contribution is -0.116. The van der Waals surface area contributed by atoms with Crippen LogP contribution in [-0.4, -0.2) is 27.3 Å². The Balaban J connectivity index is 1.70. The maximum absolute atomic E-state index is 12.5. The van der Waals surface area contributed by atoms with Crippen LogP contribution in [0.15, 0.2) is 42.5 Å². The molecule has 1 aromatic heterocycles. The first-order valence-corrected chi connectivity index (χ1v) is 9.32. The molecule has 0 aliphatic heterocycles. The Morgan fingerprint density at radius 1 is 1.24 bits per heavy atom. The number of aromatic amines is 1. The summed E-state index contributed by atoms with van der Waals surface area (Å²) in [6.45, 7) is 0.989. The number of hydrogen-bond donors (Lipinski definition) is 2. The molecular weight excluding hydrogens is 398 g/mol. The Morgan fingerprint density at radius 2 is 1.97 bits per heavy atom. The molecule has 0 spiro atoms. The van der Waals surface area contributed by atoms with E-state index in [-0.39, 0.29) is 18.1 Å². The fourth-order valence-corrected chi connectivity index (χ4v) is 3.07. The minimum absolute atomic E-state index is 0.0245. The van der Waals surface area contributed by atoms with E-state index in [0.29, 0.717) is 28.4 Å². The maximum atomic E-state index is 12.5. The van der Waals surface area contributed by atoms with E-state index in [4.69, 9.17) is 12.2 Å². The van der Waals surface area contributed by atoms with Crippen molar-refractivity contribution in [2.45, 2.75) is 33.4 Å². The standard InChI is InChI=1S/C20H20F2N4O2S/c1-12-6-8-14(9-7-12)18-24-25-20(29)26(18)11-10-17(27)23-15-4-3-5-16(13(15)2)28-19(21)22/h3-9,19H,10-11H2,1-2H3,(H,23,27)(H,25,29). The number of H-pyrrole nitrogens is 1. The second kappa shape index (κ2) is 8.95. The van der Waals surface area contributed by atoms with E-state index in [1.54, 1.807) is 23.6 Å². The fraction of sp³-hybridized carbons (Fsp3) is 0.250. The Bertz CT molecular complexity index is 1060. The molecule has 6 nitrogen and oxygen atoms in total. The fourth-order valence-electron chi connectivity index (χ4n) is 2.85. The van der Waals surface area contributed by atoms with Gasteiger partial charge in [-0.3, -0.25) is 14.5 Å². The number of aromatic nitrogens is 3. The smallest absolute Gasteiger partial charge is 0.387 e. The second-order valence-corrected chi connectivity index (χ2v) is 6.86. The molecule has 3 aromatic rings. The number of aryl methyl sites for hydroxylation is 1. The molecule has 3 rings (SSSR count). The Kier molecular flexibility index (Phi) is 6.38. The quantitative estimate of drug-likeness (QED) is 0.538. The molecule has 0 radical (unpaired) electrons. The highest BCUT2D eigenvalue weighted by Crippen LogP contribution is 2.27. The third-order valence-corrected chi connectivity index (χ3v) is 4.72. The highest BCUT2D eigenvalue weighted by molar-refractivity contribution is 7.71. The molecule has 0 bridgehead atoms. The zero-order chi connectivity index (χ0) is 21.0. The Hall–Kier alpha value is -3.07. The average Bonchev–Trinajstić information content (AvgIpc) is 3.04. The van der Waals surface area contributed by atoms with E-state index in [2.05, 4.69) is 20.3 Å². The first-order chi connectivity index (χ1) is 13.8. The summed E-state index contributed by atoms with van der Waals surface area (Å²) in [7, 11) is 0. The number of ether oxygens (including phenoxy) is 1. The molecular formula is C20H20F2N4O2S. The van der Waals surface area contributed by atoms with Crippen LogP contribution in [0.2, 0.25) is 0 Å². The topological polar surface area (TPSA) is 71.9 Å². The molecule has 29 heavy (non-hydrogen) atoms. The number of nitrogens with zero attached hydrogens (tertiary/aromatic N) is 2. The van der Waals surface area contributed by atoms with Crippen molar-refractivity contribution in [3.8, 4) is 17.1 Å². The minimum atomic E-state index is -2.93. The zero-order valence-electron chi connectivity index (χ0n) is 15.9. The van der Waals surface area contributed by atoms with Crippen molar-refractivity contribution in [2.75, 3.05) is 5.32 Å². The van der Waals surface area contributed by atoms with Gasteiger partial charge < -0.3 is 10.1 Å². The van der Waals surface area contributed by atoms with Gasteiger partial charge in [-0.15, -0.1) is 0 Å². The first kappa shape index (κ1) is 20.7. The van der Waals surface area contributed by atoms with Gasteiger partial charge in [-0.25, -0.2) is 0 Å². The number of alkyl halides is 2. The summed E-state index contributed by atoms with van der Waals surface area (Å²) < 4.78 is 31.6. The van der Waals surface area contributed by atoms with Crippen molar-refractivity contribution in [3.63, 3.8) is 0 Å². The van der Waals surface area contributed by atoms with E-state index in [1.165, 1.54) is 6.07 Å². The van der Waals surface area contributed by atoms with Gasteiger partial charge in [-0.2, -0.15) is 13.9 Å². The SMILES string of the molecule is Cc1ccc(-c2n[nH]c(=S)n2CCC(=O)Nc2cccc(OC(F)F)c2C)cc1. The number of rotatable bonds is 7. The summed E-state index contributed by atoms with van der Waals surface area (Å²) in [6.07, 6.45) is 0.131. The number of halogens is 2. The van der Waals surface area contributed by atoms with Gasteiger partial charge in [0.15, 0.2) is 10.6 Å². The summed E-state index contributed by atoms with van der Waals surface area (Å²) in [5.74, 6) is 0.392. The van der Waals surface area contributed by atoms with Crippen LogP contribution in [0.1, 0.15) is 17.5 Å². The molecule has 1 amide bonds. The molecule has 1 heterocycles. The number of amides is 1. The van der Waals surface area contributed by atoms with Gasteiger partial charge in [0.05, 0.1) is 0 Å². The van der Waals surface area contributed by atoms with Gasteiger partial charge in [0.2, 0.25) is 5.91 Å². The summed E-state index contributed by atoms with van der Waals surface area (Å²) in [5, 5.41) is 9.74. The van der Waals surface area contributed by atoms with Crippen molar-refractivity contribution >= 4 is 23.8 Å². The molecule has 0 aliphatic rings. The van der Waals surface area contributed by atoms with Gasteiger partial charge >= 0.3 is 6.61 Å². The summed E-state index contributed by atoms with van der Waals surface area (Å²) >= 11 is 5.28. The minimum Gasteiger partial charge on any atom is -0.434 e. The molecule has 152 valence electrons. The average molecular weight is 418 g/mol. The summed E-state index contributed by atoms with van der Waals surface area (Å²) in [4.78, 5) is 12.4. The maximum Gasteiger partial charge on any atom is 0.387 e. The lowest BCUT2D eigenvalue weighted by atomic mass is 10.1. The molecule has 0 atom stereocenters. The summed E-state index contributed by atoms with van der Waals surface area (Å²) in [5.41, 5.74) is 2.86.